The Hall–Kier alpha value is -1.72. The summed E-state index contributed by atoms with van der Waals surface area (Å²) in [6, 6.07) is 7.97. The number of para-hydroxylation sites is 2. The number of hydrogen-bond acceptors (Lipinski definition) is 4. The second kappa shape index (κ2) is 5.95. The highest BCUT2D eigenvalue weighted by molar-refractivity contribution is 5.73. The predicted octanol–water partition coefficient (Wildman–Crippen LogP) is 1.48. The first-order valence-corrected chi connectivity index (χ1v) is 7.61. The normalized spacial score (nSPS) is 23.5. The van der Waals surface area contributed by atoms with Gasteiger partial charge in [0, 0.05) is 19.1 Å². The molecular formula is C16H22N4O. The number of aromatic nitrogens is 2. The van der Waals surface area contributed by atoms with Gasteiger partial charge in [0.15, 0.2) is 0 Å². The lowest BCUT2D eigenvalue weighted by molar-refractivity contribution is 0.0974. The molecule has 0 saturated carbocycles. The fraction of sp³-hybridized carbons (Fsp3) is 0.500. The summed E-state index contributed by atoms with van der Waals surface area (Å²) in [7, 11) is 0. The molecule has 112 valence electrons. The lowest BCUT2D eigenvalue weighted by atomic mass is 9.91. The summed E-state index contributed by atoms with van der Waals surface area (Å²) >= 11 is 0. The Balaban J connectivity index is 1.90. The van der Waals surface area contributed by atoms with Gasteiger partial charge in [0.2, 0.25) is 0 Å². The number of H-pyrrole nitrogens is 1. The van der Waals surface area contributed by atoms with E-state index < -0.39 is 0 Å². The van der Waals surface area contributed by atoms with Gasteiger partial charge in [0.05, 0.1) is 11.0 Å². The Labute approximate surface area is 124 Å². The van der Waals surface area contributed by atoms with Crippen LogP contribution in [0.2, 0.25) is 0 Å². The Morgan fingerprint density at radius 1 is 1.43 bits per heavy atom. The zero-order valence-corrected chi connectivity index (χ0v) is 12.4. The van der Waals surface area contributed by atoms with E-state index in [1.807, 2.05) is 24.3 Å². The third-order valence-electron chi connectivity index (χ3n) is 4.49. The van der Waals surface area contributed by atoms with Crippen molar-refractivity contribution in [1.82, 2.24) is 14.9 Å². The topological polar surface area (TPSA) is 75.0 Å². The molecule has 5 nitrogen and oxygen atoms in total. The van der Waals surface area contributed by atoms with Gasteiger partial charge in [-0.25, -0.2) is 4.98 Å². The SMILES string of the molecule is CC1CCCN(Cc2nc3ccccc3[nH]c2=O)C1CN. The molecule has 2 heterocycles. The molecule has 1 aromatic carbocycles. The fourth-order valence-electron chi connectivity index (χ4n) is 3.28. The summed E-state index contributed by atoms with van der Waals surface area (Å²) in [6.45, 7) is 4.43. The van der Waals surface area contributed by atoms with Crippen molar-refractivity contribution in [2.45, 2.75) is 32.4 Å². The molecule has 1 aromatic heterocycles. The fourth-order valence-corrected chi connectivity index (χ4v) is 3.28. The highest BCUT2D eigenvalue weighted by Crippen LogP contribution is 2.23. The molecule has 3 rings (SSSR count). The Bertz CT molecular complexity index is 681. The van der Waals surface area contributed by atoms with Crippen LogP contribution in [0, 0.1) is 5.92 Å². The molecule has 21 heavy (non-hydrogen) atoms. The largest absolute Gasteiger partial charge is 0.329 e. The second-order valence-corrected chi connectivity index (χ2v) is 5.92. The van der Waals surface area contributed by atoms with Crippen molar-refractivity contribution in [2.24, 2.45) is 11.7 Å². The summed E-state index contributed by atoms with van der Waals surface area (Å²) in [5.74, 6) is 0.572. The number of hydrogen-bond donors (Lipinski definition) is 2. The molecule has 0 spiro atoms. The minimum atomic E-state index is -0.0947. The van der Waals surface area contributed by atoms with Crippen molar-refractivity contribution in [2.75, 3.05) is 13.1 Å². The van der Waals surface area contributed by atoms with Crippen molar-refractivity contribution < 1.29 is 0 Å². The molecule has 2 atom stereocenters. The number of rotatable bonds is 3. The average molecular weight is 286 g/mol. The molecule has 1 aliphatic heterocycles. The number of nitrogens with two attached hydrogens (primary N) is 1. The Morgan fingerprint density at radius 2 is 2.24 bits per heavy atom. The first kappa shape index (κ1) is 14.2. The van der Waals surface area contributed by atoms with Crippen LogP contribution in [0.3, 0.4) is 0 Å². The molecule has 0 radical (unpaired) electrons. The maximum Gasteiger partial charge on any atom is 0.271 e. The molecule has 5 heteroatoms. The molecule has 1 fully saturated rings. The van der Waals surface area contributed by atoms with E-state index in [1.165, 1.54) is 6.42 Å². The van der Waals surface area contributed by atoms with Gasteiger partial charge in [-0.15, -0.1) is 0 Å². The number of aromatic amines is 1. The van der Waals surface area contributed by atoms with Gasteiger partial charge in [-0.1, -0.05) is 19.1 Å². The monoisotopic (exact) mass is 286 g/mol. The quantitative estimate of drug-likeness (QED) is 0.896. The molecule has 0 amide bonds. The molecule has 2 unspecified atom stereocenters. The van der Waals surface area contributed by atoms with E-state index in [0.717, 1.165) is 24.0 Å². The van der Waals surface area contributed by atoms with E-state index >= 15 is 0 Å². The van der Waals surface area contributed by atoms with Crippen LogP contribution in [0.15, 0.2) is 29.1 Å². The first-order chi connectivity index (χ1) is 10.2. The number of likely N-dealkylation sites (tertiary alicyclic amines) is 1. The van der Waals surface area contributed by atoms with E-state index in [9.17, 15) is 4.79 Å². The van der Waals surface area contributed by atoms with E-state index in [4.69, 9.17) is 5.73 Å². The van der Waals surface area contributed by atoms with Crippen LogP contribution in [-0.4, -0.2) is 34.0 Å². The Kier molecular flexibility index (Phi) is 4.03. The molecule has 3 N–H and O–H groups in total. The summed E-state index contributed by atoms with van der Waals surface area (Å²) in [6.07, 6.45) is 2.36. The molecule has 0 aliphatic carbocycles. The van der Waals surface area contributed by atoms with Crippen LogP contribution >= 0.6 is 0 Å². The van der Waals surface area contributed by atoms with Gasteiger partial charge in [-0.2, -0.15) is 0 Å². The van der Waals surface area contributed by atoms with E-state index in [-0.39, 0.29) is 5.56 Å². The van der Waals surface area contributed by atoms with Crippen molar-refractivity contribution in [1.29, 1.82) is 0 Å². The predicted molar refractivity (Wildman–Crippen MR) is 84.0 cm³/mol. The number of piperidine rings is 1. The lowest BCUT2D eigenvalue weighted by Crippen LogP contribution is -2.48. The maximum atomic E-state index is 12.2. The third-order valence-corrected chi connectivity index (χ3v) is 4.49. The molecule has 1 saturated heterocycles. The zero-order chi connectivity index (χ0) is 14.8. The summed E-state index contributed by atoms with van der Waals surface area (Å²) < 4.78 is 0. The number of nitrogens with one attached hydrogen (secondary N) is 1. The van der Waals surface area contributed by atoms with Gasteiger partial charge in [0.25, 0.3) is 5.56 Å². The summed E-state index contributed by atoms with van der Waals surface area (Å²) in [5, 5.41) is 0. The molecular weight excluding hydrogens is 264 g/mol. The van der Waals surface area contributed by atoms with Crippen LogP contribution in [0.5, 0.6) is 0 Å². The molecule has 1 aliphatic rings. The first-order valence-electron chi connectivity index (χ1n) is 7.61. The smallest absolute Gasteiger partial charge is 0.271 e. The van der Waals surface area contributed by atoms with Crippen molar-refractivity contribution >= 4 is 11.0 Å². The minimum Gasteiger partial charge on any atom is -0.329 e. The highest BCUT2D eigenvalue weighted by Gasteiger charge is 2.28. The molecule has 2 aromatic rings. The lowest BCUT2D eigenvalue weighted by Gasteiger charge is -2.39. The zero-order valence-electron chi connectivity index (χ0n) is 12.4. The average Bonchev–Trinajstić information content (AvgIpc) is 2.48. The summed E-state index contributed by atoms with van der Waals surface area (Å²) in [4.78, 5) is 22.0. The highest BCUT2D eigenvalue weighted by atomic mass is 16.1. The van der Waals surface area contributed by atoms with Gasteiger partial charge in [0.1, 0.15) is 5.69 Å². The number of nitrogens with zero attached hydrogens (tertiary/aromatic N) is 2. The van der Waals surface area contributed by atoms with E-state index in [0.29, 0.717) is 30.7 Å². The van der Waals surface area contributed by atoms with Crippen LogP contribution < -0.4 is 11.3 Å². The van der Waals surface area contributed by atoms with E-state index in [2.05, 4.69) is 21.8 Å². The number of benzene rings is 1. The van der Waals surface area contributed by atoms with Crippen molar-refractivity contribution in [3.05, 3.63) is 40.3 Å². The van der Waals surface area contributed by atoms with E-state index in [1.54, 1.807) is 0 Å². The third kappa shape index (κ3) is 2.84. The molecule has 0 bridgehead atoms. The second-order valence-electron chi connectivity index (χ2n) is 5.92. The van der Waals surface area contributed by atoms with Crippen LogP contribution in [0.25, 0.3) is 11.0 Å². The van der Waals surface area contributed by atoms with Gasteiger partial charge < -0.3 is 10.7 Å². The van der Waals surface area contributed by atoms with Crippen molar-refractivity contribution in [3.63, 3.8) is 0 Å². The van der Waals surface area contributed by atoms with Crippen LogP contribution in [0.4, 0.5) is 0 Å². The van der Waals surface area contributed by atoms with Gasteiger partial charge in [-0.3, -0.25) is 9.69 Å². The number of fused-ring (bicyclic) bond motifs is 1. The summed E-state index contributed by atoms with van der Waals surface area (Å²) in [5.41, 5.74) is 8.03. The van der Waals surface area contributed by atoms with Gasteiger partial charge >= 0.3 is 0 Å². The van der Waals surface area contributed by atoms with Gasteiger partial charge in [-0.05, 0) is 37.4 Å². The Morgan fingerprint density at radius 3 is 3.05 bits per heavy atom. The van der Waals surface area contributed by atoms with Crippen LogP contribution in [0.1, 0.15) is 25.5 Å². The van der Waals surface area contributed by atoms with Crippen LogP contribution in [-0.2, 0) is 6.54 Å². The standard InChI is InChI=1S/C16H22N4O/c1-11-5-4-8-20(15(11)9-17)10-14-16(21)19-13-7-3-2-6-12(13)18-14/h2-3,6-7,11,15H,4-5,8-10,17H2,1H3,(H,19,21). The minimum absolute atomic E-state index is 0.0947. The van der Waals surface area contributed by atoms with Crippen molar-refractivity contribution in [3.8, 4) is 0 Å². The maximum absolute atomic E-state index is 12.2.